The molecule has 0 bridgehead atoms. The largest absolute Gasteiger partial charge is 0.454 e. The molecular weight excluding hydrogens is 519 g/mol. The van der Waals surface area contributed by atoms with E-state index in [1.165, 1.54) is 12.1 Å². The van der Waals surface area contributed by atoms with Crippen LogP contribution in [0.25, 0.3) is 0 Å². The summed E-state index contributed by atoms with van der Waals surface area (Å²) < 4.78 is 32.9. The molecule has 0 radical (unpaired) electrons. The number of nitrogens with two attached hydrogens (primary N) is 1. The van der Waals surface area contributed by atoms with Gasteiger partial charge in [-0.2, -0.15) is 0 Å². The van der Waals surface area contributed by atoms with Crippen LogP contribution in [-0.4, -0.2) is 54.9 Å². The van der Waals surface area contributed by atoms with E-state index in [2.05, 4.69) is 20.1 Å². The summed E-state index contributed by atoms with van der Waals surface area (Å²) >= 11 is 0. The summed E-state index contributed by atoms with van der Waals surface area (Å²) in [6, 6.07) is 6.93. The summed E-state index contributed by atoms with van der Waals surface area (Å²) in [5, 5.41) is 3.22. The van der Waals surface area contributed by atoms with Crippen molar-refractivity contribution in [2.75, 3.05) is 33.2 Å². The molecule has 2 heterocycles. The summed E-state index contributed by atoms with van der Waals surface area (Å²) in [5.74, 6) is -0.256. The Morgan fingerprint density at radius 2 is 1.94 bits per heavy atom. The van der Waals surface area contributed by atoms with Gasteiger partial charge in [0.1, 0.15) is 17.4 Å². The van der Waals surface area contributed by atoms with Crippen molar-refractivity contribution in [1.82, 2.24) is 15.1 Å². The van der Waals surface area contributed by atoms with E-state index < -0.39 is 17.5 Å². The van der Waals surface area contributed by atoms with Gasteiger partial charge in [-0.25, -0.2) is 8.78 Å². The Morgan fingerprint density at radius 1 is 1.23 bits per heavy atom. The fraction of sp³-hybridized carbons (Fsp3) is 0.429. The summed E-state index contributed by atoms with van der Waals surface area (Å²) in [7, 11) is 1.70. The zero-order valence-electron chi connectivity index (χ0n) is 17.6. The first-order valence-corrected chi connectivity index (χ1v) is 9.96. The van der Waals surface area contributed by atoms with Crippen molar-refractivity contribution < 1.29 is 18.0 Å². The highest BCUT2D eigenvalue weighted by Gasteiger charge is 2.27. The van der Waals surface area contributed by atoms with E-state index in [9.17, 15) is 13.6 Å². The molecule has 1 aliphatic heterocycles. The smallest absolute Gasteiger partial charge is 0.284 e. The van der Waals surface area contributed by atoms with E-state index in [1.54, 1.807) is 19.2 Å². The van der Waals surface area contributed by atoms with Gasteiger partial charge in [0.2, 0.25) is 0 Å². The molecule has 1 fully saturated rings. The molecule has 1 atom stereocenters. The second-order valence-corrected chi connectivity index (χ2v) is 7.14. The summed E-state index contributed by atoms with van der Waals surface area (Å²) in [4.78, 5) is 19.8. The van der Waals surface area contributed by atoms with E-state index in [0.717, 1.165) is 25.6 Å². The molecule has 10 heteroatoms. The highest BCUT2D eigenvalue weighted by atomic mass is 127. The highest BCUT2D eigenvalue weighted by molar-refractivity contribution is 14.0. The maximum atomic E-state index is 14.3. The third kappa shape index (κ3) is 6.16. The molecule has 1 aromatic heterocycles. The fourth-order valence-corrected chi connectivity index (χ4v) is 3.80. The minimum atomic E-state index is -0.607. The lowest BCUT2D eigenvalue weighted by atomic mass is 10.0. The average Bonchev–Trinajstić information content (AvgIpc) is 3.21. The number of furan rings is 1. The van der Waals surface area contributed by atoms with Gasteiger partial charge in [-0.1, -0.05) is 13.0 Å². The topological polar surface area (TPSA) is 87.1 Å². The third-order valence-electron chi connectivity index (χ3n) is 5.30. The van der Waals surface area contributed by atoms with Gasteiger partial charge in [-0.05, 0) is 24.6 Å². The van der Waals surface area contributed by atoms with Crippen molar-refractivity contribution in [2.24, 2.45) is 10.7 Å². The van der Waals surface area contributed by atoms with Gasteiger partial charge < -0.3 is 20.4 Å². The Kier molecular flexibility index (Phi) is 9.23. The van der Waals surface area contributed by atoms with Crippen molar-refractivity contribution >= 4 is 35.8 Å². The van der Waals surface area contributed by atoms with Crippen LogP contribution >= 0.6 is 24.0 Å². The van der Waals surface area contributed by atoms with Crippen LogP contribution in [0, 0.1) is 11.6 Å². The Labute approximate surface area is 197 Å². The zero-order valence-corrected chi connectivity index (χ0v) is 19.9. The number of guanidine groups is 1. The van der Waals surface area contributed by atoms with Crippen LogP contribution in [0.1, 0.15) is 41.3 Å². The summed E-state index contributed by atoms with van der Waals surface area (Å²) in [6.45, 7) is 5.25. The first-order valence-electron chi connectivity index (χ1n) is 9.96. The first-order chi connectivity index (χ1) is 14.4. The second kappa shape index (κ2) is 11.4. The summed E-state index contributed by atoms with van der Waals surface area (Å²) in [5.41, 5.74) is 5.73. The molecule has 170 valence electrons. The predicted molar refractivity (Wildman–Crippen MR) is 125 cm³/mol. The van der Waals surface area contributed by atoms with Gasteiger partial charge in [0, 0.05) is 50.9 Å². The van der Waals surface area contributed by atoms with Crippen molar-refractivity contribution in [2.45, 2.75) is 25.9 Å². The van der Waals surface area contributed by atoms with E-state index in [-0.39, 0.29) is 35.8 Å². The Morgan fingerprint density at radius 3 is 2.48 bits per heavy atom. The van der Waals surface area contributed by atoms with Crippen molar-refractivity contribution in [3.05, 3.63) is 59.1 Å². The number of halogens is 3. The van der Waals surface area contributed by atoms with Crippen LogP contribution < -0.4 is 11.1 Å². The van der Waals surface area contributed by atoms with E-state index >= 15 is 0 Å². The van der Waals surface area contributed by atoms with Crippen molar-refractivity contribution in [3.8, 4) is 0 Å². The van der Waals surface area contributed by atoms with Gasteiger partial charge in [0.05, 0.1) is 6.54 Å². The average molecular weight is 547 g/mol. The molecule has 2 aromatic rings. The SMILES string of the molecule is CCC(c1ccc(F)cc1F)N1CCN(C(=NC)NCc2ccc(C(N)=O)o2)CC1.I. The number of hydrogen-bond acceptors (Lipinski definition) is 4. The number of primary amides is 1. The second-order valence-electron chi connectivity index (χ2n) is 7.14. The Hall–Kier alpha value is -2.21. The highest BCUT2D eigenvalue weighted by Crippen LogP contribution is 2.28. The molecule has 1 aromatic carbocycles. The van der Waals surface area contributed by atoms with Crippen LogP contribution in [0.5, 0.6) is 0 Å². The lowest BCUT2D eigenvalue weighted by Gasteiger charge is -2.40. The molecular formula is C21H28F2IN5O2. The Bertz CT molecular complexity index is 913. The van der Waals surface area contributed by atoms with E-state index in [0.29, 0.717) is 36.9 Å². The van der Waals surface area contributed by atoms with E-state index in [4.69, 9.17) is 10.2 Å². The standard InChI is InChI=1S/C21H27F2N5O2.HI/c1-3-18(16-6-4-14(22)12-17(16)23)27-8-10-28(11-9-27)21(25-2)26-13-15-5-7-19(30-15)20(24)29;/h4-7,12,18H,3,8-11,13H2,1-2H3,(H2,24,29)(H,25,26);1H. The maximum Gasteiger partial charge on any atom is 0.284 e. The number of carbonyl (C=O) groups is 1. The number of amides is 1. The molecule has 3 rings (SSSR count). The lowest BCUT2D eigenvalue weighted by molar-refractivity contribution is 0.0972. The van der Waals surface area contributed by atoms with Crippen LogP contribution in [0.15, 0.2) is 39.7 Å². The van der Waals surface area contributed by atoms with Gasteiger partial charge in [0.15, 0.2) is 11.7 Å². The normalized spacial score (nSPS) is 16.0. The first kappa shape index (κ1) is 25.1. The number of carbonyl (C=O) groups excluding carboxylic acids is 1. The maximum absolute atomic E-state index is 14.3. The Balaban J connectivity index is 0.00000341. The number of aliphatic imine (C=N–C) groups is 1. The number of piperazine rings is 1. The van der Waals surface area contributed by atoms with Crippen LogP contribution in [0.3, 0.4) is 0 Å². The molecule has 1 unspecified atom stereocenters. The van der Waals surface area contributed by atoms with Crippen LogP contribution in [0.4, 0.5) is 8.78 Å². The number of hydrogen-bond donors (Lipinski definition) is 2. The monoisotopic (exact) mass is 547 g/mol. The number of nitrogens with zero attached hydrogens (tertiary/aromatic N) is 3. The minimum Gasteiger partial charge on any atom is -0.454 e. The quantitative estimate of drug-likeness (QED) is 0.330. The van der Waals surface area contributed by atoms with Gasteiger partial charge in [-0.15, -0.1) is 24.0 Å². The molecule has 7 nitrogen and oxygen atoms in total. The lowest BCUT2D eigenvalue weighted by Crippen LogP contribution is -2.53. The minimum absolute atomic E-state index is 0. The van der Waals surface area contributed by atoms with Gasteiger partial charge in [-0.3, -0.25) is 14.7 Å². The molecule has 1 saturated heterocycles. The van der Waals surface area contributed by atoms with Crippen molar-refractivity contribution in [3.63, 3.8) is 0 Å². The predicted octanol–water partition coefficient (Wildman–Crippen LogP) is 3.12. The fourth-order valence-electron chi connectivity index (χ4n) is 3.80. The molecule has 1 aliphatic rings. The molecule has 0 aliphatic carbocycles. The third-order valence-corrected chi connectivity index (χ3v) is 5.30. The van der Waals surface area contributed by atoms with Crippen LogP contribution in [0.2, 0.25) is 0 Å². The van der Waals surface area contributed by atoms with Crippen LogP contribution in [-0.2, 0) is 6.54 Å². The van der Waals surface area contributed by atoms with Gasteiger partial charge >= 0.3 is 0 Å². The number of rotatable bonds is 6. The molecule has 1 amide bonds. The molecule has 31 heavy (non-hydrogen) atoms. The molecule has 0 saturated carbocycles. The summed E-state index contributed by atoms with van der Waals surface area (Å²) in [6.07, 6.45) is 0.732. The van der Waals surface area contributed by atoms with Crippen molar-refractivity contribution in [1.29, 1.82) is 0 Å². The molecule has 3 N–H and O–H groups in total. The zero-order chi connectivity index (χ0) is 21.7. The van der Waals surface area contributed by atoms with E-state index in [1.807, 2.05) is 6.92 Å². The molecule has 0 spiro atoms. The number of nitrogens with one attached hydrogen (secondary N) is 1. The number of benzene rings is 1. The van der Waals surface area contributed by atoms with Gasteiger partial charge in [0.25, 0.3) is 5.91 Å².